The van der Waals surface area contributed by atoms with E-state index in [1.165, 1.54) is 19.5 Å². The second kappa shape index (κ2) is 24.0. The third-order valence-corrected chi connectivity index (χ3v) is 17.2. The van der Waals surface area contributed by atoms with Crippen molar-refractivity contribution in [2.45, 2.75) is 86.0 Å². The van der Waals surface area contributed by atoms with Crippen LogP contribution >= 0.6 is 43.2 Å². The zero-order valence-corrected chi connectivity index (χ0v) is 38.4. The van der Waals surface area contributed by atoms with E-state index in [-0.39, 0.29) is 60.3 Å². The Balaban J connectivity index is 1.51. The summed E-state index contributed by atoms with van der Waals surface area (Å²) in [6.07, 6.45) is 2.13. The van der Waals surface area contributed by atoms with Crippen LogP contribution in [0.4, 0.5) is 0 Å². The normalized spacial score (nSPS) is 34.2. The summed E-state index contributed by atoms with van der Waals surface area (Å²) in [5.41, 5.74) is 6.73. The first-order valence-corrected chi connectivity index (χ1v) is 25.9. The Labute approximate surface area is 386 Å². The lowest BCUT2D eigenvalue weighted by molar-refractivity contribution is -0.416. The number of rotatable bonds is 13. The number of esters is 1. The number of carbonyl (C=O) groups is 2. The molecule has 2 fully saturated rings. The number of aliphatic hydroxyl groups excluding tert-OH is 5. The molecule has 24 heteroatoms. The predicted molar refractivity (Wildman–Crippen MR) is 241 cm³/mol. The maximum absolute atomic E-state index is 14.5. The zero-order valence-electron chi connectivity index (χ0n) is 35.1. The van der Waals surface area contributed by atoms with Crippen LogP contribution in [0.3, 0.4) is 0 Å². The molecule has 12 atom stereocenters. The molecule has 6 aliphatic rings. The van der Waals surface area contributed by atoms with Gasteiger partial charge in [-0.1, -0.05) is 67.5 Å². The van der Waals surface area contributed by atoms with Crippen molar-refractivity contribution < 1.29 is 74.1 Å². The number of aliphatic hydroxyl groups is 7. The van der Waals surface area contributed by atoms with E-state index in [0.29, 0.717) is 35.7 Å². The SMILES string of the molecule is CNC(CO)OC1C(OC2OC=C3C(=O)OC4CCCC4CSSC4CSSCC=CC2C3C=CC2=C(NC(N)=NCCCO)C(C(=O)O)=CN(C2)C4CO)OC(CO)C(O)C1(O)O. The second-order valence-electron chi connectivity index (χ2n) is 15.8. The fraction of sp³-hybridized carbons (Fsp3) is 0.675. The first kappa shape index (κ1) is 50.9. The van der Waals surface area contributed by atoms with E-state index in [0.717, 1.165) is 12.8 Å². The summed E-state index contributed by atoms with van der Waals surface area (Å²) >= 11 is 0. The van der Waals surface area contributed by atoms with Gasteiger partial charge in [-0.05, 0) is 38.3 Å². The zero-order chi connectivity index (χ0) is 46.0. The molecule has 1 saturated heterocycles. The molecule has 1 saturated carbocycles. The molecular formula is C40H59N5O15S4. The lowest BCUT2D eigenvalue weighted by atomic mass is 9.82. The molecule has 12 N–H and O–H groups in total. The number of carboxylic acid groups (broad SMARTS) is 1. The minimum Gasteiger partial charge on any atom is -0.478 e. The number of hydrogen-bond donors (Lipinski definition) is 11. The van der Waals surface area contributed by atoms with E-state index in [4.69, 9.17) is 29.4 Å². The number of nitrogens with one attached hydrogen (secondary N) is 2. The molecule has 6 rings (SSSR count). The Bertz CT molecular complexity index is 1800. The number of guanidine groups is 1. The van der Waals surface area contributed by atoms with Gasteiger partial charge in [0, 0.05) is 60.2 Å². The maximum atomic E-state index is 14.5. The summed E-state index contributed by atoms with van der Waals surface area (Å²) in [4.78, 5) is 33.6. The summed E-state index contributed by atoms with van der Waals surface area (Å²) < 4.78 is 30.5. The largest absolute Gasteiger partial charge is 0.478 e. The Hall–Kier alpha value is -2.53. The number of aliphatic imine (C=N–C) groups is 1. The van der Waals surface area contributed by atoms with Gasteiger partial charge < -0.3 is 80.5 Å². The van der Waals surface area contributed by atoms with Crippen molar-refractivity contribution in [2.24, 2.45) is 28.5 Å². The molecular weight excluding hydrogens is 919 g/mol. The van der Waals surface area contributed by atoms with Crippen LogP contribution in [0.15, 0.2) is 64.2 Å². The number of carboxylic acids is 1. The second-order valence-corrected chi connectivity index (χ2v) is 21.0. The Morgan fingerprint density at radius 1 is 1.11 bits per heavy atom. The lowest BCUT2D eigenvalue weighted by Gasteiger charge is -2.48. The lowest BCUT2D eigenvalue weighted by Crippen LogP contribution is -2.69. The highest BCUT2D eigenvalue weighted by Crippen LogP contribution is 2.44. The molecule has 0 aromatic carbocycles. The quantitative estimate of drug-likeness (QED) is 0.0207. The highest BCUT2D eigenvalue weighted by molar-refractivity contribution is 8.78. The topological polar surface area (TPSA) is 308 Å². The smallest absolute Gasteiger partial charge is 0.339 e. The minimum atomic E-state index is -3.07. The molecule has 5 aliphatic heterocycles. The number of aliphatic carboxylic acids is 1. The average Bonchev–Trinajstić information content (AvgIpc) is 3.71. The first-order valence-electron chi connectivity index (χ1n) is 21.0. The van der Waals surface area contributed by atoms with Crippen molar-refractivity contribution in [1.82, 2.24) is 15.5 Å². The standard InChI is InChI=1S/C40H59N5O15S4/c1-42-31(17-49)59-34-38(58-29(16-48)33(50)40(34,54)55)60-37-24-6-3-12-61-62-20-30-27(15-47)45-13-21(32(25(14-45)35(51)52)44-39(41)43-10-4-11-46)8-9-23(24)26(18-56-37)36(53)57-28-7-2-5-22(28)19-63-64-30/h3,6,8-9,14,18,22-24,27-31,33-34,37-38,42,46-50,54-55H,2,4-5,7,10-13,15-17,19-20H2,1H3,(H,51,52)(H3,41,43,44). The number of nitrogens with two attached hydrogens (primary N) is 1. The van der Waals surface area contributed by atoms with E-state index in [9.17, 15) is 50.4 Å². The molecule has 12 unspecified atom stereocenters. The number of allylic oxidation sites excluding steroid dienone is 1. The van der Waals surface area contributed by atoms with Gasteiger partial charge in [-0.3, -0.25) is 10.3 Å². The van der Waals surface area contributed by atoms with Gasteiger partial charge in [0.15, 0.2) is 18.4 Å². The highest BCUT2D eigenvalue weighted by Gasteiger charge is 2.58. The highest BCUT2D eigenvalue weighted by atomic mass is 33.1. The van der Waals surface area contributed by atoms with Gasteiger partial charge in [0.2, 0.25) is 12.1 Å². The summed E-state index contributed by atoms with van der Waals surface area (Å²) in [6, 6.07) is -0.527. The number of carbonyl (C=O) groups excluding carboxylic acids is 1. The van der Waals surface area contributed by atoms with Gasteiger partial charge >= 0.3 is 11.9 Å². The van der Waals surface area contributed by atoms with Crippen LogP contribution in [-0.4, -0.2) is 188 Å². The van der Waals surface area contributed by atoms with Crippen LogP contribution in [0.5, 0.6) is 0 Å². The van der Waals surface area contributed by atoms with E-state index < -0.39 is 92.0 Å². The maximum Gasteiger partial charge on any atom is 0.339 e. The minimum absolute atomic E-state index is 0.0418. The fourth-order valence-electron chi connectivity index (χ4n) is 8.18. The number of fused-ring (bicyclic) bond motifs is 2. The molecule has 20 nitrogen and oxygen atoms in total. The average molecular weight is 978 g/mol. The molecule has 0 spiro atoms. The number of nitrogens with zero attached hydrogens (tertiary/aromatic N) is 2. The third-order valence-electron chi connectivity index (χ3n) is 11.7. The Morgan fingerprint density at radius 3 is 2.64 bits per heavy atom. The van der Waals surface area contributed by atoms with Gasteiger partial charge in [-0.25, -0.2) is 9.59 Å². The summed E-state index contributed by atoms with van der Waals surface area (Å²) in [5, 5.41) is 89.8. The van der Waals surface area contributed by atoms with Crippen LogP contribution < -0.4 is 16.4 Å². The Kier molecular flexibility index (Phi) is 19.0. The molecule has 4 bridgehead atoms. The summed E-state index contributed by atoms with van der Waals surface area (Å²) in [5.74, 6) is -5.21. The molecule has 358 valence electrons. The van der Waals surface area contributed by atoms with Crippen molar-refractivity contribution in [2.75, 3.05) is 63.8 Å². The van der Waals surface area contributed by atoms with E-state index in [1.807, 2.05) is 11.0 Å². The molecule has 64 heavy (non-hydrogen) atoms. The van der Waals surface area contributed by atoms with Crippen LogP contribution in [0.2, 0.25) is 0 Å². The molecule has 0 amide bonds. The van der Waals surface area contributed by atoms with Crippen LogP contribution in [-0.2, 0) is 33.3 Å². The number of likely N-dealkylation sites (N-methyl/N-ethyl adjacent to an activating group) is 1. The van der Waals surface area contributed by atoms with Gasteiger partial charge in [-0.2, -0.15) is 0 Å². The number of hydrogen-bond acceptors (Lipinski definition) is 21. The molecule has 0 radical (unpaired) electrons. The monoisotopic (exact) mass is 977 g/mol. The van der Waals surface area contributed by atoms with Crippen LogP contribution in [0.1, 0.15) is 25.7 Å². The fourth-order valence-corrected chi connectivity index (χ4v) is 14.2. The van der Waals surface area contributed by atoms with Crippen molar-refractivity contribution in [3.05, 3.63) is 59.2 Å². The molecule has 0 aromatic heterocycles. The van der Waals surface area contributed by atoms with Crippen molar-refractivity contribution in [1.29, 1.82) is 0 Å². The van der Waals surface area contributed by atoms with E-state index in [2.05, 4.69) is 15.6 Å². The molecule has 5 heterocycles. The molecule has 1 aliphatic carbocycles. The van der Waals surface area contributed by atoms with Crippen molar-refractivity contribution in [3.63, 3.8) is 0 Å². The Morgan fingerprint density at radius 2 is 1.92 bits per heavy atom. The summed E-state index contributed by atoms with van der Waals surface area (Å²) in [6.45, 7) is -1.63. The van der Waals surface area contributed by atoms with Crippen LogP contribution in [0, 0.1) is 17.8 Å². The van der Waals surface area contributed by atoms with E-state index in [1.54, 1.807) is 61.4 Å². The number of ether oxygens (including phenoxy) is 5. The molecule has 0 aromatic rings. The van der Waals surface area contributed by atoms with Crippen molar-refractivity contribution in [3.8, 4) is 0 Å². The van der Waals surface area contributed by atoms with Crippen molar-refractivity contribution >= 4 is 61.1 Å². The summed E-state index contributed by atoms with van der Waals surface area (Å²) in [7, 11) is 7.82. The third kappa shape index (κ3) is 12.1. The van der Waals surface area contributed by atoms with Gasteiger partial charge in [-0.15, -0.1) is 0 Å². The van der Waals surface area contributed by atoms with Gasteiger partial charge in [0.1, 0.15) is 24.5 Å². The van der Waals surface area contributed by atoms with Gasteiger partial charge in [0.05, 0.1) is 54.9 Å². The van der Waals surface area contributed by atoms with Crippen LogP contribution in [0.25, 0.3) is 0 Å². The van der Waals surface area contributed by atoms with Gasteiger partial charge in [0.25, 0.3) is 0 Å². The predicted octanol–water partition coefficient (Wildman–Crippen LogP) is -0.674. The first-order chi connectivity index (χ1) is 30.8. The van der Waals surface area contributed by atoms with E-state index >= 15 is 0 Å².